The van der Waals surface area contributed by atoms with Gasteiger partial charge in [0, 0.05) is 48.6 Å². The largest absolute Gasteiger partial charge is 0.378 e. The van der Waals surface area contributed by atoms with Crippen LogP contribution in [-0.4, -0.2) is 46.3 Å². The molecule has 10 heteroatoms. The normalized spacial score (nSPS) is 16.3. The molecule has 0 bridgehead atoms. The molecule has 240 valence electrons. The Hall–Kier alpha value is -3.54. The Labute approximate surface area is 282 Å². The summed E-state index contributed by atoms with van der Waals surface area (Å²) in [4.78, 5) is 2.97. The van der Waals surface area contributed by atoms with Crippen molar-refractivity contribution in [2.45, 2.75) is 38.3 Å². The molecule has 0 radical (unpaired) electrons. The van der Waals surface area contributed by atoms with Crippen molar-refractivity contribution in [1.29, 1.82) is 5.26 Å². The third-order valence-electron chi connectivity index (χ3n) is 7.12. The summed E-state index contributed by atoms with van der Waals surface area (Å²) in [5.41, 5.74) is 4.60. The van der Waals surface area contributed by atoms with E-state index in [2.05, 4.69) is 84.8 Å². The smallest absolute Gasteiger partial charge is 0.240 e. The second kappa shape index (κ2) is 15.4. The van der Waals surface area contributed by atoms with Gasteiger partial charge in [-0.05, 0) is 92.7 Å². The predicted molar refractivity (Wildman–Crippen MR) is 195 cm³/mol. The summed E-state index contributed by atoms with van der Waals surface area (Å²) in [5.74, 6) is 10.7. The van der Waals surface area contributed by atoms with E-state index in [1.165, 1.54) is 35.5 Å². The van der Waals surface area contributed by atoms with Crippen molar-refractivity contribution in [3.8, 4) is 17.9 Å². The molecule has 0 atom stereocenters. The number of anilines is 1. The maximum Gasteiger partial charge on any atom is 0.240 e. The van der Waals surface area contributed by atoms with Gasteiger partial charge in [-0.2, -0.15) is 15.5 Å². The van der Waals surface area contributed by atoms with Gasteiger partial charge in [-0.3, -0.25) is 0 Å². The highest BCUT2D eigenvalue weighted by Crippen LogP contribution is 2.32. The van der Waals surface area contributed by atoms with Crippen molar-refractivity contribution in [3.05, 3.63) is 90.0 Å². The van der Waals surface area contributed by atoms with Crippen LogP contribution in [0.25, 0.3) is 4.91 Å². The van der Waals surface area contributed by atoms with E-state index in [-0.39, 0.29) is 33.2 Å². The maximum atomic E-state index is 12.9. The first-order valence-corrected chi connectivity index (χ1v) is 19.2. The Balaban J connectivity index is 1.29. The van der Waals surface area contributed by atoms with E-state index < -0.39 is 10.0 Å². The van der Waals surface area contributed by atoms with Gasteiger partial charge in [0.15, 0.2) is 0 Å². The number of rotatable bonds is 12. The average Bonchev–Trinajstić information content (AvgIpc) is 3.11. The van der Waals surface area contributed by atoms with Crippen LogP contribution in [0, 0.1) is 34.0 Å². The number of benzene rings is 3. The number of hydrogen-bond acceptors (Lipinski definition) is 7. The van der Waals surface area contributed by atoms with Crippen LogP contribution in [0.2, 0.25) is 0 Å². The Kier molecular flexibility index (Phi) is 11.8. The fourth-order valence-corrected chi connectivity index (χ4v) is 10.1. The van der Waals surface area contributed by atoms with E-state index in [0.717, 1.165) is 33.4 Å². The second-order valence-corrected chi connectivity index (χ2v) is 17.7. The average molecular weight is 673 g/mol. The summed E-state index contributed by atoms with van der Waals surface area (Å²) in [5, 5.41) is 17.9. The predicted octanol–water partition coefficient (Wildman–Crippen LogP) is 7.93. The molecule has 1 aliphatic heterocycles. The van der Waals surface area contributed by atoms with Crippen molar-refractivity contribution in [2.75, 3.05) is 42.8 Å². The van der Waals surface area contributed by atoms with Gasteiger partial charge in [0.05, 0.1) is 33.2 Å². The third-order valence-corrected chi connectivity index (χ3v) is 12.7. The van der Waals surface area contributed by atoms with Crippen LogP contribution in [0.4, 0.5) is 17.1 Å². The van der Waals surface area contributed by atoms with Crippen LogP contribution in [-0.2, 0) is 26.7 Å². The van der Waals surface area contributed by atoms with E-state index >= 15 is 0 Å². The molecular weight excluding hydrogens is 631 g/mol. The van der Waals surface area contributed by atoms with Gasteiger partial charge in [-0.25, -0.2) is 13.1 Å². The molecule has 3 aromatic carbocycles. The summed E-state index contributed by atoms with van der Waals surface area (Å²) in [6.45, 7) is 9.15. The molecule has 46 heavy (non-hydrogen) atoms. The summed E-state index contributed by atoms with van der Waals surface area (Å²) >= 11 is 1.45. The molecule has 0 spiro atoms. The minimum Gasteiger partial charge on any atom is -0.378 e. The van der Waals surface area contributed by atoms with E-state index in [1.807, 2.05) is 43.3 Å². The molecule has 4 rings (SSSR count). The molecule has 1 N–H and O–H groups in total. The standard InChI is InChI=1S/C36H42N5O2S3/c1-35(2)20-21-36(3,4)27-45(26-35)25-28-7-9-29(10-8-28)34(19-22-37)44-24-23-38-46(42,43)33-17-13-31(14-18-33)40-39-30-11-15-32(16-12-30)41(5)6/h7-19,38H,23-27H2,1-6H3/q+1/b34-19+,40-39?. The molecule has 7 nitrogen and oxygen atoms in total. The Bertz CT molecular complexity index is 1740. The van der Waals surface area contributed by atoms with Gasteiger partial charge < -0.3 is 4.90 Å². The molecule has 0 aliphatic carbocycles. The molecule has 0 amide bonds. The molecule has 0 saturated carbocycles. The molecule has 3 aromatic rings. The minimum atomic E-state index is -3.70. The van der Waals surface area contributed by atoms with Gasteiger partial charge in [0.25, 0.3) is 0 Å². The highest BCUT2D eigenvalue weighted by molar-refractivity contribution is 8.08. The van der Waals surface area contributed by atoms with Gasteiger partial charge in [-0.1, -0.05) is 36.1 Å². The third kappa shape index (κ3) is 10.5. The first kappa shape index (κ1) is 35.3. The van der Waals surface area contributed by atoms with Crippen LogP contribution in [0.3, 0.4) is 0 Å². The molecule has 1 aliphatic rings. The lowest BCUT2D eigenvalue weighted by atomic mass is 9.92. The van der Waals surface area contributed by atoms with Crippen molar-refractivity contribution in [1.82, 2.24) is 4.72 Å². The lowest BCUT2D eigenvalue weighted by Crippen LogP contribution is -2.29. The monoisotopic (exact) mass is 672 g/mol. The number of allylic oxidation sites excluding steroid dienone is 1. The van der Waals surface area contributed by atoms with Gasteiger partial charge >= 0.3 is 0 Å². The zero-order valence-corrected chi connectivity index (χ0v) is 29.8. The zero-order chi connectivity index (χ0) is 33.4. The summed E-state index contributed by atoms with van der Waals surface area (Å²) in [6, 6.07) is 24.5. The highest BCUT2D eigenvalue weighted by Gasteiger charge is 2.37. The minimum absolute atomic E-state index is 0.0207. The fourth-order valence-electron chi connectivity index (χ4n) is 4.90. The number of azo groups is 1. The zero-order valence-electron chi connectivity index (χ0n) is 27.4. The van der Waals surface area contributed by atoms with E-state index in [0.29, 0.717) is 17.1 Å². The quantitative estimate of drug-likeness (QED) is 0.0693. The van der Waals surface area contributed by atoms with E-state index in [9.17, 15) is 13.7 Å². The fraction of sp³-hybridized carbons (Fsp3) is 0.361. The van der Waals surface area contributed by atoms with E-state index in [4.69, 9.17) is 0 Å². The lowest BCUT2D eigenvalue weighted by Gasteiger charge is -2.19. The number of nitrogens with zero attached hydrogens (tertiary/aromatic N) is 4. The van der Waals surface area contributed by atoms with Crippen molar-refractivity contribution < 1.29 is 8.42 Å². The van der Waals surface area contributed by atoms with Crippen LogP contribution >= 0.6 is 11.8 Å². The molecule has 0 fully saturated rings. The molecule has 0 unspecified atom stereocenters. The van der Waals surface area contributed by atoms with Crippen LogP contribution in [0.1, 0.15) is 38.8 Å². The number of nitrogens with one attached hydrogen (secondary N) is 1. The highest BCUT2D eigenvalue weighted by atomic mass is 32.2. The molecule has 1 heterocycles. The van der Waals surface area contributed by atoms with Crippen molar-refractivity contribution >= 4 is 54.6 Å². The van der Waals surface area contributed by atoms with Crippen molar-refractivity contribution in [3.63, 3.8) is 0 Å². The lowest BCUT2D eigenvalue weighted by molar-refractivity contribution is 0.574. The summed E-state index contributed by atoms with van der Waals surface area (Å²) in [6.07, 6.45) is 1.52. The summed E-state index contributed by atoms with van der Waals surface area (Å²) in [7, 11) is 0.449. The number of thioether (sulfide) groups is 1. The number of sulfonamides is 1. The van der Waals surface area contributed by atoms with Crippen LogP contribution in [0.5, 0.6) is 0 Å². The Morgan fingerprint density at radius 2 is 1.48 bits per heavy atom. The Morgan fingerprint density at radius 1 is 0.935 bits per heavy atom. The van der Waals surface area contributed by atoms with Gasteiger partial charge in [0.2, 0.25) is 10.0 Å². The maximum absolute atomic E-state index is 12.9. The molecular formula is C36H42N5O2S3+. The Morgan fingerprint density at radius 3 is 2.00 bits per heavy atom. The summed E-state index contributed by atoms with van der Waals surface area (Å²) < 4.78 is 28.5. The van der Waals surface area contributed by atoms with Crippen molar-refractivity contribution in [2.24, 2.45) is 21.1 Å². The number of hydrogen-bond donors (Lipinski definition) is 1. The van der Waals surface area contributed by atoms with Crippen LogP contribution in [0.15, 0.2) is 94.0 Å². The first-order valence-electron chi connectivity index (χ1n) is 15.0. The SMILES string of the molecule is CN(C)c1ccc(N=Nc2ccc(S(=O)(=O)NCCS/C(=C/C#N)c3ccc(C[S+]4CC(C)(C)C#CC(C)(C)C4)cc3)cc2)cc1. The second-order valence-electron chi connectivity index (χ2n) is 12.7. The van der Waals surface area contributed by atoms with Gasteiger partial charge in [-0.15, -0.1) is 11.8 Å². The topological polar surface area (TPSA) is 97.9 Å². The first-order chi connectivity index (χ1) is 21.7. The van der Waals surface area contributed by atoms with Gasteiger partial charge in [0.1, 0.15) is 17.3 Å². The number of nitriles is 1. The van der Waals surface area contributed by atoms with E-state index in [1.54, 1.807) is 12.1 Å². The molecule has 0 saturated heterocycles. The van der Waals surface area contributed by atoms with Crippen LogP contribution < -0.4 is 9.62 Å². The molecule has 0 aromatic heterocycles.